The third-order valence-corrected chi connectivity index (χ3v) is 5.17. The number of aromatic hydroxyl groups is 1. The van der Waals surface area contributed by atoms with E-state index in [1.165, 1.54) is 31.0 Å². The molecular formula is C21H29N5O6. The summed E-state index contributed by atoms with van der Waals surface area (Å²) in [7, 11) is 1.45. The number of nitrogens with one attached hydrogen (secondary N) is 3. The molecule has 0 aliphatic carbocycles. The van der Waals surface area contributed by atoms with Crippen molar-refractivity contribution in [3.8, 4) is 5.75 Å². The number of hydrogen-bond acceptors (Lipinski definition) is 6. The number of carbonyl (C=O) groups excluding carboxylic acids is 5. The Morgan fingerprint density at radius 2 is 1.78 bits per heavy atom. The zero-order valence-electron chi connectivity index (χ0n) is 18.1. The first-order valence-electron chi connectivity index (χ1n) is 10.3. The van der Waals surface area contributed by atoms with E-state index in [2.05, 4.69) is 16.0 Å². The Morgan fingerprint density at radius 3 is 2.34 bits per heavy atom. The number of primary amides is 1. The van der Waals surface area contributed by atoms with Crippen LogP contribution in [0.5, 0.6) is 5.75 Å². The highest BCUT2D eigenvalue weighted by molar-refractivity contribution is 5.96. The third-order valence-electron chi connectivity index (χ3n) is 5.17. The number of phenols is 1. The van der Waals surface area contributed by atoms with Crippen molar-refractivity contribution in [3.63, 3.8) is 0 Å². The van der Waals surface area contributed by atoms with Crippen LogP contribution in [0, 0.1) is 0 Å². The maximum Gasteiger partial charge on any atom is 0.246 e. The molecule has 1 fully saturated rings. The molecule has 1 saturated heterocycles. The Labute approximate surface area is 185 Å². The largest absolute Gasteiger partial charge is 0.508 e. The van der Waals surface area contributed by atoms with Crippen molar-refractivity contribution in [3.05, 3.63) is 29.8 Å². The van der Waals surface area contributed by atoms with Gasteiger partial charge in [-0.1, -0.05) is 12.1 Å². The minimum absolute atomic E-state index is 0.0825. The molecule has 5 amide bonds. The second-order valence-electron chi connectivity index (χ2n) is 7.66. The Hall–Kier alpha value is -3.63. The number of likely N-dealkylation sites (tertiary alicyclic amines) is 1. The molecule has 1 aromatic carbocycles. The van der Waals surface area contributed by atoms with Gasteiger partial charge in [-0.3, -0.25) is 24.0 Å². The van der Waals surface area contributed by atoms with Crippen molar-refractivity contribution < 1.29 is 29.1 Å². The number of benzene rings is 1. The average molecular weight is 447 g/mol. The summed E-state index contributed by atoms with van der Waals surface area (Å²) in [5.74, 6) is -2.67. The molecule has 1 aliphatic heterocycles. The van der Waals surface area contributed by atoms with Gasteiger partial charge in [-0.05, 0) is 30.5 Å². The van der Waals surface area contributed by atoms with Gasteiger partial charge in [0.15, 0.2) is 0 Å². The SMILES string of the molecule is CNC(=O)[C@H](Cc1ccc(O)cc1)NC(=O)[C@@H]1CCCN1C(=O)[C@H](CC(N)=O)NC(C)=O. The van der Waals surface area contributed by atoms with Gasteiger partial charge in [-0.15, -0.1) is 0 Å². The lowest BCUT2D eigenvalue weighted by atomic mass is 10.0. The van der Waals surface area contributed by atoms with Gasteiger partial charge in [0.1, 0.15) is 23.9 Å². The van der Waals surface area contributed by atoms with Crippen LogP contribution in [0.3, 0.4) is 0 Å². The van der Waals surface area contributed by atoms with E-state index in [1.54, 1.807) is 12.1 Å². The molecule has 11 heteroatoms. The molecule has 0 bridgehead atoms. The zero-order chi connectivity index (χ0) is 23.8. The van der Waals surface area contributed by atoms with E-state index >= 15 is 0 Å². The van der Waals surface area contributed by atoms with Crippen molar-refractivity contribution >= 4 is 29.5 Å². The van der Waals surface area contributed by atoms with Crippen LogP contribution in [0.2, 0.25) is 0 Å². The van der Waals surface area contributed by atoms with Crippen LogP contribution >= 0.6 is 0 Å². The van der Waals surface area contributed by atoms with Gasteiger partial charge >= 0.3 is 0 Å². The first-order valence-corrected chi connectivity index (χ1v) is 10.3. The molecule has 6 N–H and O–H groups in total. The highest BCUT2D eigenvalue weighted by Crippen LogP contribution is 2.20. The van der Waals surface area contributed by atoms with Gasteiger partial charge in [-0.25, -0.2) is 0 Å². The predicted octanol–water partition coefficient (Wildman–Crippen LogP) is -1.46. The first-order chi connectivity index (χ1) is 15.1. The average Bonchev–Trinajstić information content (AvgIpc) is 3.22. The molecule has 1 heterocycles. The molecule has 0 aromatic heterocycles. The summed E-state index contributed by atoms with van der Waals surface area (Å²) >= 11 is 0. The molecule has 0 spiro atoms. The second kappa shape index (κ2) is 11.1. The summed E-state index contributed by atoms with van der Waals surface area (Å²) in [6.07, 6.45) is 0.726. The van der Waals surface area contributed by atoms with Crippen LogP contribution in [-0.2, 0) is 30.4 Å². The van der Waals surface area contributed by atoms with Crippen LogP contribution < -0.4 is 21.7 Å². The number of hydrogen-bond donors (Lipinski definition) is 5. The van der Waals surface area contributed by atoms with Gasteiger partial charge in [0.25, 0.3) is 0 Å². The number of rotatable bonds is 9. The van der Waals surface area contributed by atoms with E-state index in [-0.39, 0.29) is 25.1 Å². The van der Waals surface area contributed by atoms with E-state index in [0.717, 1.165) is 5.56 Å². The standard InChI is InChI=1S/C21H29N5O6/c1-12(27)24-16(11-18(22)29)21(32)26-9-3-4-17(26)20(31)25-15(19(30)23-2)10-13-5-7-14(28)8-6-13/h5-8,15-17,28H,3-4,9-11H2,1-2H3,(H2,22,29)(H,23,30)(H,24,27)(H,25,31)/t15-,16-,17-/m0/s1. The Morgan fingerprint density at radius 1 is 1.12 bits per heavy atom. The zero-order valence-corrected chi connectivity index (χ0v) is 18.1. The molecule has 1 aliphatic rings. The molecule has 174 valence electrons. The van der Waals surface area contributed by atoms with Gasteiger partial charge in [-0.2, -0.15) is 0 Å². The van der Waals surface area contributed by atoms with E-state index in [4.69, 9.17) is 5.73 Å². The molecule has 0 radical (unpaired) electrons. The summed E-state index contributed by atoms with van der Waals surface area (Å²) in [6, 6.07) is 3.34. The summed E-state index contributed by atoms with van der Waals surface area (Å²) in [6.45, 7) is 1.49. The van der Waals surface area contributed by atoms with E-state index in [9.17, 15) is 29.1 Å². The first kappa shape index (κ1) is 24.6. The van der Waals surface area contributed by atoms with E-state index < -0.39 is 47.7 Å². The summed E-state index contributed by atoms with van der Waals surface area (Å²) in [4.78, 5) is 62.4. The van der Waals surface area contributed by atoms with Crippen LogP contribution in [0.15, 0.2) is 24.3 Å². The van der Waals surface area contributed by atoms with Crippen LogP contribution in [0.1, 0.15) is 31.7 Å². The normalized spacial score (nSPS) is 17.2. The van der Waals surface area contributed by atoms with Gasteiger partial charge in [0, 0.05) is 26.9 Å². The highest BCUT2D eigenvalue weighted by atomic mass is 16.3. The fraction of sp³-hybridized carbons (Fsp3) is 0.476. The third kappa shape index (κ3) is 6.69. The minimum atomic E-state index is -1.16. The van der Waals surface area contributed by atoms with Crippen molar-refractivity contribution in [2.24, 2.45) is 5.73 Å². The number of likely N-dealkylation sites (N-methyl/N-ethyl adjacent to an activating group) is 1. The molecule has 11 nitrogen and oxygen atoms in total. The lowest BCUT2D eigenvalue weighted by Crippen LogP contribution is -2.56. The van der Waals surface area contributed by atoms with E-state index in [1.807, 2.05) is 0 Å². The van der Waals surface area contributed by atoms with Gasteiger partial charge in [0.2, 0.25) is 29.5 Å². The topological polar surface area (TPSA) is 171 Å². The minimum Gasteiger partial charge on any atom is -0.508 e. The van der Waals surface area contributed by atoms with E-state index in [0.29, 0.717) is 12.8 Å². The Bertz CT molecular complexity index is 856. The number of nitrogens with two attached hydrogens (primary N) is 1. The number of amides is 5. The quantitative estimate of drug-likeness (QED) is 0.309. The second-order valence-corrected chi connectivity index (χ2v) is 7.66. The maximum absolute atomic E-state index is 13.0. The van der Waals surface area contributed by atoms with Crippen molar-refractivity contribution in [2.45, 2.75) is 50.7 Å². The van der Waals surface area contributed by atoms with Gasteiger partial charge < -0.3 is 31.7 Å². The Balaban J connectivity index is 2.14. The highest BCUT2D eigenvalue weighted by Gasteiger charge is 2.39. The summed E-state index contributed by atoms with van der Waals surface area (Å²) in [5, 5.41) is 17.0. The number of phenolic OH excluding ortho intramolecular Hbond substituents is 1. The molecule has 0 saturated carbocycles. The molecule has 3 atom stereocenters. The van der Waals surface area contributed by atoms with Crippen LogP contribution in [-0.4, -0.2) is 71.3 Å². The summed E-state index contributed by atoms with van der Waals surface area (Å²) in [5.41, 5.74) is 5.92. The number of carbonyl (C=O) groups is 5. The number of nitrogens with zero attached hydrogens (tertiary/aromatic N) is 1. The molecule has 32 heavy (non-hydrogen) atoms. The Kier molecular flexibility index (Phi) is 8.56. The molecule has 2 rings (SSSR count). The van der Waals surface area contributed by atoms with Crippen LogP contribution in [0.25, 0.3) is 0 Å². The monoisotopic (exact) mass is 447 g/mol. The molecule has 0 unspecified atom stereocenters. The van der Waals surface area contributed by atoms with Gasteiger partial charge in [0.05, 0.1) is 6.42 Å². The van der Waals surface area contributed by atoms with Crippen molar-refractivity contribution in [2.75, 3.05) is 13.6 Å². The smallest absolute Gasteiger partial charge is 0.246 e. The maximum atomic E-state index is 13.0. The predicted molar refractivity (Wildman–Crippen MR) is 114 cm³/mol. The van der Waals surface area contributed by atoms with Crippen molar-refractivity contribution in [1.29, 1.82) is 0 Å². The fourth-order valence-corrected chi connectivity index (χ4v) is 3.67. The molecular weight excluding hydrogens is 418 g/mol. The molecule has 1 aromatic rings. The van der Waals surface area contributed by atoms with Crippen LogP contribution in [0.4, 0.5) is 0 Å². The lowest BCUT2D eigenvalue weighted by molar-refractivity contribution is -0.142. The fourth-order valence-electron chi connectivity index (χ4n) is 3.67. The summed E-state index contributed by atoms with van der Waals surface area (Å²) < 4.78 is 0. The van der Waals surface area contributed by atoms with Crippen molar-refractivity contribution in [1.82, 2.24) is 20.9 Å². The lowest BCUT2D eigenvalue weighted by Gasteiger charge is -2.29.